The number of rotatable bonds is 2. The molecule has 1 saturated heterocycles. The summed E-state index contributed by atoms with van der Waals surface area (Å²) in [7, 11) is 2.12. The fourth-order valence-electron chi connectivity index (χ4n) is 4.55. The molecule has 2 aliphatic heterocycles. The number of carbonyl (C=O) groups is 2. The van der Waals surface area contributed by atoms with Crippen LogP contribution in [-0.2, 0) is 9.59 Å². The molecule has 166 valence electrons. The lowest BCUT2D eigenvalue weighted by atomic mass is 9.79. The SMILES string of the molecule is Cc1cc2c(cc1/C=C1\C(=O)NC(=S)N(c3cccc(Cl)c3)C1=O)[C@H](C)CC(C)(C)N2C. The molecule has 0 aliphatic carbocycles. The number of fused-ring (bicyclic) bond motifs is 1. The van der Waals surface area contributed by atoms with Crippen LogP contribution in [0.1, 0.15) is 49.8 Å². The highest BCUT2D eigenvalue weighted by molar-refractivity contribution is 7.80. The Bertz CT molecular complexity index is 1190. The Balaban J connectivity index is 1.78. The van der Waals surface area contributed by atoms with Gasteiger partial charge in [0.1, 0.15) is 5.57 Å². The second-order valence-electron chi connectivity index (χ2n) is 9.18. The van der Waals surface area contributed by atoms with Gasteiger partial charge in [-0.05, 0) is 98.4 Å². The second kappa shape index (κ2) is 8.01. The van der Waals surface area contributed by atoms with Crippen molar-refractivity contribution in [1.82, 2.24) is 5.32 Å². The predicted molar refractivity (Wildman–Crippen MR) is 134 cm³/mol. The molecule has 2 aromatic carbocycles. The Hall–Kier alpha value is -2.70. The van der Waals surface area contributed by atoms with Crippen LogP contribution in [0.5, 0.6) is 0 Å². The standard InChI is InChI=1S/C25H26ClN3O2S/c1-14-9-21-19(15(2)13-25(3,4)28(21)5)10-16(14)11-20-22(30)27-24(32)29(23(20)31)18-8-6-7-17(26)12-18/h6-12,15H,13H2,1-5H3,(H,27,30,32)/b20-11+/t15-/m1/s1. The molecule has 1 atom stereocenters. The zero-order chi connectivity index (χ0) is 23.4. The first-order valence-electron chi connectivity index (χ1n) is 10.5. The average molecular weight is 468 g/mol. The van der Waals surface area contributed by atoms with Crippen LogP contribution in [0.25, 0.3) is 6.08 Å². The number of nitrogens with zero attached hydrogens (tertiary/aromatic N) is 2. The van der Waals surface area contributed by atoms with Gasteiger partial charge in [0.15, 0.2) is 5.11 Å². The minimum atomic E-state index is -0.498. The number of aryl methyl sites for hydroxylation is 1. The van der Waals surface area contributed by atoms with E-state index in [1.807, 2.05) is 6.92 Å². The van der Waals surface area contributed by atoms with Crippen molar-refractivity contribution < 1.29 is 9.59 Å². The van der Waals surface area contributed by atoms with Gasteiger partial charge in [-0.3, -0.25) is 19.8 Å². The van der Waals surface area contributed by atoms with Gasteiger partial charge in [-0.2, -0.15) is 0 Å². The van der Waals surface area contributed by atoms with Crippen molar-refractivity contribution in [3.8, 4) is 0 Å². The first kappa shape index (κ1) is 22.5. The number of halogens is 1. The van der Waals surface area contributed by atoms with Crippen LogP contribution in [0, 0.1) is 6.92 Å². The van der Waals surface area contributed by atoms with Crippen LogP contribution in [0.2, 0.25) is 5.02 Å². The fraction of sp³-hybridized carbons (Fsp3) is 0.320. The number of thiocarbonyl (C=S) groups is 1. The van der Waals surface area contributed by atoms with Gasteiger partial charge in [0.25, 0.3) is 11.8 Å². The molecule has 0 radical (unpaired) electrons. The van der Waals surface area contributed by atoms with E-state index in [2.05, 4.69) is 50.2 Å². The van der Waals surface area contributed by atoms with Crippen molar-refractivity contribution >= 4 is 58.2 Å². The summed E-state index contributed by atoms with van der Waals surface area (Å²) >= 11 is 11.4. The molecule has 0 unspecified atom stereocenters. The lowest BCUT2D eigenvalue weighted by molar-refractivity contribution is -0.122. The van der Waals surface area contributed by atoms with E-state index in [0.29, 0.717) is 16.6 Å². The Kier molecular flexibility index (Phi) is 5.63. The van der Waals surface area contributed by atoms with E-state index in [1.54, 1.807) is 30.3 Å². The van der Waals surface area contributed by atoms with Gasteiger partial charge in [-0.15, -0.1) is 0 Å². The van der Waals surface area contributed by atoms with Crippen molar-refractivity contribution in [3.63, 3.8) is 0 Å². The number of anilines is 2. The summed E-state index contributed by atoms with van der Waals surface area (Å²) in [5.74, 6) is -0.605. The summed E-state index contributed by atoms with van der Waals surface area (Å²) < 4.78 is 0. The maximum atomic E-state index is 13.3. The van der Waals surface area contributed by atoms with E-state index in [9.17, 15) is 9.59 Å². The van der Waals surface area contributed by atoms with Gasteiger partial charge in [0.2, 0.25) is 0 Å². The average Bonchev–Trinajstić information content (AvgIpc) is 2.69. The normalized spacial score (nSPS) is 21.6. The topological polar surface area (TPSA) is 52.7 Å². The molecule has 7 heteroatoms. The lowest BCUT2D eigenvalue weighted by Gasteiger charge is -2.45. The number of carbonyl (C=O) groups excluding carboxylic acids is 2. The molecule has 4 rings (SSSR count). The van der Waals surface area contributed by atoms with Crippen molar-refractivity contribution in [1.29, 1.82) is 0 Å². The van der Waals surface area contributed by atoms with Crippen molar-refractivity contribution in [2.45, 2.75) is 45.6 Å². The number of hydrogen-bond acceptors (Lipinski definition) is 4. The number of benzene rings is 2. The lowest BCUT2D eigenvalue weighted by Crippen LogP contribution is -2.54. The van der Waals surface area contributed by atoms with E-state index in [4.69, 9.17) is 23.8 Å². The fourth-order valence-corrected chi connectivity index (χ4v) is 5.02. The number of nitrogens with one attached hydrogen (secondary N) is 1. The Morgan fingerprint density at radius 3 is 2.62 bits per heavy atom. The largest absolute Gasteiger partial charge is 0.369 e. The zero-order valence-electron chi connectivity index (χ0n) is 18.8. The molecule has 2 amide bonds. The van der Waals surface area contributed by atoms with Crippen LogP contribution < -0.4 is 15.1 Å². The minimum absolute atomic E-state index is 0.0405. The third-order valence-corrected chi connectivity index (χ3v) is 7.01. The summed E-state index contributed by atoms with van der Waals surface area (Å²) in [6.45, 7) is 8.71. The molecule has 1 fully saturated rings. The number of hydrogen-bond donors (Lipinski definition) is 1. The molecule has 2 aromatic rings. The van der Waals surface area contributed by atoms with Crippen molar-refractivity contribution in [2.75, 3.05) is 16.8 Å². The molecule has 0 saturated carbocycles. The third-order valence-electron chi connectivity index (χ3n) is 6.49. The molecule has 0 spiro atoms. The van der Waals surface area contributed by atoms with E-state index in [0.717, 1.165) is 17.5 Å². The summed E-state index contributed by atoms with van der Waals surface area (Å²) in [6.07, 6.45) is 2.69. The van der Waals surface area contributed by atoms with Gasteiger partial charge < -0.3 is 4.90 Å². The molecule has 32 heavy (non-hydrogen) atoms. The maximum Gasteiger partial charge on any atom is 0.270 e. The molecular weight excluding hydrogens is 442 g/mol. The highest BCUT2D eigenvalue weighted by Gasteiger charge is 2.36. The minimum Gasteiger partial charge on any atom is -0.369 e. The monoisotopic (exact) mass is 467 g/mol. The van der Waals surface area contributed by atoms with Crippen LogP contribution in [0.4, 0.5) is 11.4 Å². The molecule has 1 N–H and O–H groups in total. The number of amides is 2. The Morgan fingerprint density at radius 2 is 1.94 bits per heavy atom. The van der Waals surface area contributed by atoms with Gasteiger partial charge in [0, 0.05) is 23.3 Å². The van der Waals surface area contributed by atoms with E-state index < -0.39 is 11.8 Å². The van der Waals surface area contributed by atoms with Crippen LogP contribution >= 0.6 is 23.8 Å². The molecule has 0 bridgehead atoms. The van der Waals surface area contributed by atoms with Crippen molar-refractivity contribution in [3.05, 3.63) is 63.7 Å². The molecule has 5 nitrogen and oxygen atoms in total. The van der Waals surface area contributed by atoms with E-state index in [-0.39, 0.29) is 16.2 Å². The van der Waals surface area contributed by atoms with Crippen LogP contribution in [0.3, 0.4) is 0 Å². The highest BCUT2D eigenvalue weighted by atomic mass is 35.5. The second-order valence-corrected chi connectivity index (χ2v) is 10.0. The highest BCUT2D eigenvalue weighted by Crippen LogP contribution is 2.43. The van der Waals surface area contributed by atoms with Gasteiger partial charge in [-0.25, -0.2) is 0 Å². The molecular formula is C25H26ClN3O2S. The van der Waals surface area contributed by atoms with Crippen LogP contribution in [-0.4, -0.2) is 29.5 Å². The van der Waals surface area contributed by atoms with Gasteiger partial charge >= 0.3 is 0 Å². The maximum absolute atomic E-state index is 13.3. The smallest absolute Gasteiger partial charge is 0.270 e. The first-order chi connectivity index (χ1) is 15.0. The molecule has 2 heterocycles. The summed E-state index contributed by atoms with van der Waals surface area (Å²) in [4.78, 5) is 29.7. The first-order valence-corrected chi connectivity index (χ1v) is 11.3. The van der Waals surface area contributed by atoms with Crippen molar-refractivity contribution in [2.24, 2.45) is 0 Å². The summed E-state index contributed by atoms with van der Waals surface area (Å²) in [5.41, 5.74) is 4.87. The molecule has 0 aromatic heterocycles. The summed E-state index contributed by atoms with van der Waals surface area (Å²) in [5, 5.41) is 3.15. The molecule has 2 aliphatic rings. The summed E-state index contributed by atoms with van der Waals surface area (Å²) in [6, 6.07) is 11.1. The van der Waals surface area contributed by atoms with Gasteiger partial charge in [0.05, 0.1) is 5.69 Å². The van der Waals surface area contributed by atoms with Gasteiger partial charge in [-0.1, -0.05) is 24.6 Å². The van der Waals surface area contributed by atoms with E-state index in [1.165, 1.54) is 16.2 Å². The Labute approximate surface area is 199 Å². The Morgan fingerprint density at radius 1 is 1.22 bits per heavy atom. The zero-order valence-corrected chi connectivity index (χ0v) is 20.4. The third kappa shape index (κ3) is 3.82. The predicted octanol–water partition coefficient (Wildman–Crippen LogP) is 5.20. The van der Waals surface area contributed by atoms with E-state index >= 15 is 0 Å². The van der Waals surface area contributed by atoms with Crippen LogP contribution in [0.15, 0.2) is 42.0 Å². The quantitative estimate of drug-likeness (QED) is 0.374.